The van der Waals surface area contributed by atoms with E-state index in [0.29, 0.717) is 16.8 Å². The van der Waals surface area contributed by atoms with E-state index in [9.17, 15) is 22.0 Å². The summed E-state index contributed by atoms with van der Waals surface area (Å²) < 4.78 is 66.5. The van der Waals surface area contributed by atoms with Crippen molar-refractivity contribution < 1.29 is 22.0 Å². The summed E-state index contributed by atoms with van der Waals surface area (Å²) in [7, 11) is 0. The van der Waals surface area contributed by atoms with E-state index < -0.39 is 29.4 Å². The summed E-state index contributed by atoms with van der Waals surface area (Å²) in [6.07, 6.45) is -1.34. The summed E-state index contributed by atoms with van der Waals surface area (Å²) >= 11 is 0. The Kier molecular flexibility index (Phi) is 4.33. The zero-order valence-electron chi connectivity index (χ0n) is 12.2. The van der Waals surface area contributed by atoms with Crippen molar-refractivity contribution >= 4 is 0 Å². The summed E-state index contributed by atoms with van der Waals surface area (Å²) in [5.41, 5.74) is 0.405. The van der Waals surface area contributed by atoms with Crippen molar-refractivity contribution in [1.82, 2.24) is 9.78 Å². The van der Waals surface area contributed by atoms with E-state index >= 15 is 0 Å². The third-order valence-corrected chi connectivity index (χ3v) is 3.44. The quantitative estimate of drug-likeness (QED) is 0.615. The Bertz CT molecular complexity index is 853. The van der Waals surface area contributed by atoms with Crippen LogP contribution < -0.4 is 0 Å². The molecule has 1 heterocycles. The number of aromatic nitrogens is 2. The second-order valence-electron chi connectivity index (χ2n) is 5.21. The first-order valence-corrected chi connectivity index (χ1v) is 6.99. The number of rotatable bonds is 4. The zero-order chi connectivity index (χ0) is 17.3. The van der Waals surface area contributed by atoms with Crippen LogP contribution in [0.2, 0.25) is 0 Å². The fourth-order valence-electron chi connectivity index (χ4n) is 2.36. The molecule has 2 nitrogen and oxygen atoms in total. The standard InChI is InChI=1S/C17H11F5N2/c18-12-5-10(6-13(19)8-12)9-24-4-3-16(23-24)11-1-2-14(17(21)22)15(20)7-11/h1-8,17H,9H2. The molecule has 0 aliphatic carbocycles. The van der Waals surface area contributed by atoms with E-state index in [0.717, 1.165) is 18.2 Å². The van der Waals surface area contributed by atoms with Gasteiger partial charge in [-0.15, -0.1) is 0 Å². The van der Waals surface area contributed by atoms with Gasteiger partial charge in [-0.1, -0.05) is 6.07 Å². The Morgan fingerprint density at radius 1 is 0.917 bits per heavy atom. The Morgan fingerprint density at radius 3 is 2.25 bits per heavy atom. The zero-order valence-corrected chi connectivity index (χ0v) is 12.2. The molecule has 0 aliphatic heterocycles. The minimum atomic E-state index is -2.89. The number of hydrogen-bond donors (Lipinski definition) is 0. The van der Waals surface area contributed by atoms with E-state index in [4.69, 9.17) is 0 Å². The number of alkyl halides is 2. The van der Waals surface area contributed by atoms with Crippen LogP contribution in [0.1, 0.15) is 17.6 Å². The monoisotopic (exact) mass is 338 g/mol. The van der Waals surface area contributed by atoms with Gasteiger partial charge in [0.25, 0.3) is 6.43 Å². The summed E-state index contributed by atoms with van der Waals surface area (Å²) in [5.74, 6) is -2.40. The number of halogens is 5. The average molecular weight is 338 g/mol. The largest absolute Gasteiger partial charge is 0.268 e. The highest BCUT2D eigenvalue weighted by atomic mass is 19.3. The van der Waals surface area contributed by atoms with Gasteiger partial charge in [-0.05, 0) is 35.9 Å². The molecule has 0 spiro atoms. The van der Waals surface area contributed by atoms with E-state index in [1.54, 1.807) is 12.3 Å². The maximum absolute atomic E-state index is 13.6. The minimum Gasteiger partial charge on any atom is -0.268 e. The summed E-state index contributed by atoms with van der Waals surface area (Å²) in [6.45, 7) is 0.117. The van der Waals surface area contributed by atoms with Crippen molar-refractivity contribution in [1.29, 1.82) is 0 Å². The summed E-state index contributed by atoms with van der Waals surface area (Å²) in [5, 5.41) is 4.17. The van der Waals surface area contributed by atoms with Crippen LogP contribution in [-0.4, -0.2) is 9.78 Å². The van der Waals surface area contributed by atoms with Gasteiger partial charge in [-0.25, -0.2) is 22.0 Å². The predicted octanol–water partition coefficient (Wildman–Crippen LogP) is 4.95. The molecule has 0 saturated heterocycles. The van der Waals surface area contributed by atoms with Crippen molar-refractivity contribution in [2.75, 3.05) is 0 Å². The van der Waals surface area contributed by atoms with Gasteiger partial charge >= 0.3 is 0 Å². The molecule has 7 heteroatoms. The van der Waals surface area contributed by atoms with Crippen LogP contribution in [0, 0.1) is 17.5 Å². The second kappa shape index (κ2) is 6.43. The van der Waals surface area contributed by atoms with Gasteiger partial charge < -0.3 is 0 Å². The molecule has 0 N–H and O–H groups in total. The van der Waals surface area contributed by atoms with Crippen molar-refractivity contribution in [2.45, 2.75) is 13.0 Å². The molecule has 0 saturated carbocycles. The molecule has 0 unspecified atom stereocenters. The molecule has 3 rings (SSSR count). The number of benzene rings is 2. The lowest BCUT2D eigenvalue weighted by atomic mass is 10.1. The van der Waals surface area contributed by atoms with Crippen LogP contribution in [0.3, 0.4) is 0 Å². The Labute approximate surface area is 134 Å². The molecule has 2 aromatic carbocycles. The Balaban J connectivity index is 1.84. The lowest BCUT2D eigenvalue weighted by molar-refractivity contribution is 0.146. The first kappa shape index (κ1) is 16.2. The van der Waals surface area contributed by atoms with Crippen molar-refractivity contribution in [2.24, 2.45) is 0 Å². The van der Waals surface area contributed by atoms with Gasteiger partial charge in [0.15, 0.2) is 0 Å². The molecular formula is C17H11F5N2. The third kappa shape index (κ3) is 3.45. The molecule has 0 amide bonds. The van der Waals surface area contributed by atoms with Crippen LogP contribution in [0.15, 0.2) is 48.7 Å². The Hall–Kier alpha value is -2.70. The fraction of sp³-hybridized carbons (Fsp3) is 0.118. The molecule has 0 atom stereocenters. The van der Waals surface area contributed by atoms with Crippen LogP contribution in [-0.2, 0) is 6.54 Å². The van der Waals surface area contributed by atoms with Gasteiger partial charge in [-0.3, -0.25) is 4.68 Å². The van der Waals surface area contributed by atoms with Gasteiger partial charge in [0.05, 0.1) is 17.8 Å². The molecule has 0 radical (unpaired) electrons. The van der Waals surface area contributed by atoms with Crippen molar-refractivity contribution in [3.63, 3.8) is 0 Å². The first-order valence-electron chi connectivity index (χ1n) is 6.99. The van der Waals surface area contributed by atoms with Gasteiger partial charge in [0.1, 0.15) is 17.5 Å². The molecule has 24 heavy (non-hydrogen) atoms. The van der Waals surface area contributed by atoms with E-state index in [1.807, 2.05) is 0 Å². The minimum absolute atomic E-state index is 0.117. The van der Waals surface area contributed by atoms with Crippen molar-refractivity contribution in [3.8, 4) is 11.3 Å². The molecule has 124 valence electrons. The summed E-state index contributed by atoms with van der Waals surface area (Å²) in [6, 6.07) is 8.03. The number of hydrogen-bond acceptors (Lipinski definition) is 1. The highest BCUT2D eigenvalue weighted by Crippen LogP contribution is 2.26. The maximum Gasteiger partial charge on any atom is 0.266 e. The van der Waals surface area contributed by atoms with Gasteiger partial charge in [-0.2, -0.15) is 5.10 Å². The van der Waals surface area contributed by atoms with E-state index in [-0.39, 0.29) is 6.54 Å². The lowest BCUT2D eigenvalue weighted by Crippen LogP contribution is -2.01. The lowest BCUT2D eigenvalue weighted by Gasteiger charge is -2.04. The molecule has 0 fully saturated rings. The first-order chi connectivity index (χ1) is 11.4. The molecule has 0 bridgehead atoms. The molecule has 0 aliphatic rings. The maximum atomic E-state index is 13.6. The SMILES string of the molecule is Fc1cc(F)cc(Cn2ccc(-c3ccc(C(F)F)c(F)c3)n2)c1. The Morgan fingerprint density at radius 2 is 1.62 bits per heavy atom. The average Bonchev–Trinajstić information content (AvgIpc) is 2.94. The second-order valence-corrected chi connectivity index (χ2v) is 5.21. The number of nitrogens with zero attached hydrogens (tertiary/aromatic N) is 2. The fourth-order valence-corrected chi connectivity index (χ4v) is 2.36. The third-order valence-electron chi connectivity index (χ3n) is 3.44. The summed E-state index contributed by atoms with van der Waals surface area (Å²) in [4.78, 5) is 0. The molecular weight excluding hydrogens is 327 g/mol. The predicted molar refractivity (Wildman–Crippen MR) is 78.0 cm³/mol. The van der Waals surface area contributed by atoms with E-state index in [2.05, 4.69) is 5.10 Å². The van der Waals surface area contributed by atoms with Crippen LogP contribution in [0.25, 0.3) is 11.3 Å². The van der Waals surface area contributed by atoms with Gasteiger partial charge in [0, 0.05) is 17.8 Å². The van der Waals surface area contributed by atoms with Gasteiger partial charge in [0.2, 0.25) is 0 Å². The van der Waals surface area contributed by atoms with Crippen LogP contribution in [0.4, 0.5) is 22.0 Å². The topological polar surface area (TPSA) is 17.8 Å². The van der Waals surface area contributed by atoms with E-state index in [1.165, 1.54) is 22.9 Å². The van der Waals surface area contributed by atoms with Crippen LogP contribution in [0.5, 0.6) is 0 Å². The molecule has 1 aromatic heterocycles. The normalized spacial score (nSPS) is 11.2. The highest BCUT2D eigenvalue weighted by Gasteiger charge is 2.14. The van der Waals surface area contributed by atoms with Crippen molar-refractivity contribution in [3.05, 3.63) is 77.2 Å². The van der Waals surface area contributed by atoms with Crippen LogP contribution >= 0.6 is 0 Å². The highest BCUT2D eigenvalue weighted by molar-refractivity contribution is 5.59. The molecule has 3 aromatic rings. The smallest absolute Gasteiger partial charge is 0.266 e.